The zero-order valence-corrected chi connectivity index (χ0v) is 21.2. The van der Waals surface area contributed by atoms with E-state index in [9.17, 15) is 14.4 Å². The van der Waals surface area contributed by atoms with Gasteiger partial charge in [0.1, 0.15) is 11.1 Å². The van der Waals surface area contributed by atoms with Crippen LogP contribution < -0.4 is 10.7 Å². The molecule has 0 unspecified atom stereocenters. The van der Waals surface area contributed by atoms with Crippen LogP contribution in [0.25, 0.3) is 0 Å². The average molecular weight is 486 g/mol. The summed E-state index contributed by atoms with van der Waals surface area (Å²) in [4.78, 5) is 40.8. The van der Waals surface area contributed by atoms with Crippen LogP contribution in [-0.2, 0) is 6.54 Å². The molecule has 188 valence electrons. The highest BCUT2D eigenvalue weighted by atomic mass is 16.2. The highest BCUT2D eigenvalue weighted by Gasteiger charge is 2.23. The number of pyridine rings is 1. The quantitative estimate of drug-likeness (QED) is 0.503. The van der Waals surface area contributed by atoms with Gasteiger partial charge in [0.25, 0.3) is 11.8 Å². The van der Waals surface area contributed by atoms with Gasteiger partial charge in [-0.15, -0.1) is 0 Å². The summed E-state index contributed by atoms with van der Waals surface area (Å²) in [6.45, 7) is 1.03. The second-order valence-corrected chi connectivity index (χ2v) is 9.90. The lowest BCUT2D eigenvalue weighted by molar-refractivity contribution is 0.0825. The molecule has 1 aromatic heterocycles. The standard InChI is InChI=1S/C30H35N3O3/c1-32(2)30(36)27-21-33(19-22-12-6-3-7-13-22)20-26(28(27)34)29(35)31-18-25(23-14-8-4-9-15-23)24-16-10-5-11-17-24/h4-5,8-11,14-17,20-22,25H,3,6-7,12-13,18-19H2,1-2H3,(H,31,35). The molecule has 1 N–H and O–H groups in total. The van der Waals surface area contributed by atoms with Crippen molar-refractivity contribution in [2.24, 2.45) is 5.92 Å². The molecule has 0 bridgehead atoms. The number of hydrogen-bond donors (Lipinski definition) is 1. The monoisotopic (exact) mass is 485 g/mol. The molecule has 2 aromatic carbocycles. The number of amides is 2. The molecular formula is C30H35N3O3. The molecule has 1 aliphatic rings. The fourth-order valence-electron chi connectivity index (χ4n) is 5.05. The van der Waals surface area contributed by atoms with E-state index in [1.54, 1.807) is 26.5 Å². The van der Waals surface area contributed by atoms with E-state index in [0.29, 0.717) is 19.0 Å². The van der Waals surface area contributed by atoms with Gasteiger partial charge >= 0.3 is 0 Å². The molecule has 6 nitrogen and oxygen atoms in total. The fraction of sp³-hybridized carbons (Fsp3) is 0.367. The molecule has 1 saturated carbocycles. The first-order valence-corrected chi connectivity index (χ1v) is 12.8. The summed E-state index contributed by atoms with van der Waals surface area (Å²) < 4.78 is 1.87. The summed E-state index contributed by atoms with van der Waals surface area (Å²) in [5, 5.41) is 2.99. The van der Waals surface area contributed by atoms with Crippen LogP contribution in [0.3, 0.4) is 0 Å². The van der Waals surface area contributed by atoms with Crippen LogP contribution in [0.4, 0.5) is 0 Å². The molecule has 0 radical (unpaired) electrons. The maximum atomic E-state index is 13.4. The highest BCUT2D eigenvalue weighted by molar-refractivity contribution is 5.99. The van der Waals surface area contributed by atoms with Crippen molar-refractivity contribution in [1.82, 2.24) is 14.8 Å². The first-order chi connectivity index (χ1) is 17.4. The SMILES string of the molecule is CN(C)C(=O)c1cn(CC2CCCCC2)cc(C(=O)NCC(c2ccccc2)c2ccccc2)c1=O. The van der Waals surface area contributed by atoms with Gasteiger partial charge < -0.3 is 14.8 Å². The zero-order chi connectivity index (χ0) is 25.5. The van der Waals surface area contributed by atoms with Crippen molar-refractivity contribution in [2.45, 2.75) is 44.6 Å². The Morgan fingerprint density at radius 1 is 0.889 bits per heavy atom. The second kappa shape index (κ2) is 11.8. The number of carbonyl (C=O) groups is 2. The van der Waals surface area contributed by atoms with Gasteiger partial charge in [0.05, 0.1) is 0 Å². The normalized spacial score (nSPS) is 14.0. The third-order valence-corrected chi connectivity index (χ3v) is 7.02. The number of carbonyl (C=O) groups excluding carboxylic acids is 2. The van der Waals surface area contributed by atoms with Gasteiger partial charge in [-0.05, 0) is 29.9 Å². The Hall–Kier alpha value is -3.67. The number of aromatic nitrogens is 1. The molecule has 3 aromatic rings. The lowest BCUT2D eigenvalue weighted by Gasteiger charge is -2.24. The zero-order valence-electron chi connectivity index (χ0n) is 21.2. The molecule has 36 heavy (non-hydrogen) atoms. The Morgan fingerprint density at radius 2 is 1.44 bits per heavy atom. The van der Waals surface area contributed by atoms with Crippen molar-refractivity contribution in [3.63, 3.8) is 0 Å². The summed E-state index contributed by atoms with van der Waals surface area (Å²) in [5.41, 5.74) is 1.68. The second-order valence-electron chi connectivity index (χ2n) is 9.90. The first kappa shape index (κ1) is 25.4. The van der Waals surface area contributed by atoms with Crippen LogP contribution in [0.15, 0.2) is 77.9 Å². The highest BCUT2D eigenvalue weighted by Crippen LogP contribution is 2.26. The van der Waals surface area contributed by atoms with Crippen molar-refractivity contribution < 1.29 is 9.59 Å². The van der Waals surface area contributed by atoms with E-state index in [1.807, 2.05) is 65.2 Å². The van der Waals surface area contributed by atoms with E-state index in [2.05, 4.69) is 5.32 Å². The summed E-state index contributed by atoms with van der Waals surface area (Å²) in [6, 6.07) is 20.0. The van der Waals surface area contributed by atoms with Crippen molar-refractivity contribution in [3.8, 4) is 0 Å². The Morgan fingerprint density at radius 3 is 2.00 bits per heavy atom. The van der Waals surface area contributed by atoms with Crippen LogP contribution in [0, 0.1) is 5.92 Å². The number of benzene rings is 2. The first-order valence-electron chi connectivity index (χ1n) is 12.8. The molecule has 0 saturated heterocycles. The third kappa shape index (κ3) is 6.11. The summed E-state index contributed by atoms with van der Waals surface area (Å²) in [6.07, 6.45) is 9.14. The van der Waals surface area contributed by atoms with Crippen molar-refractivity contribution in [3.05, 3.63) is 106 Å². The minimum atomic E-state index is -0.526. The largest absolute Gasteiger partial charge is 0.352 e. The molecule has 0 atom stereocenters. The van der Waals surface area contributed by atoms with E-state index in [-0.39, 0.29) is 17.0 Å². The molecule has 1 heterocycles. The predicted octanol–water partition coefficient (Wildman–Crippen LogP) is 4.69. The topological polar surface area (TPSA) is 71.4 Å². The van der Waals surface area contributed by atoms with Gasteiger partial charge in [-0.1, -0.05) is 79.9 Å². The minimum absolute atomic E-state index is 0.0124. The van der Waals surface area contributed by atoms with Crippen LogP contribution in [0.2, 0.25) is 0 Å². The molecule has 0 spiro atoms. The minimum Gasteiger partial charge on any atom is -0.352 e. The number of nitrogens with zero attached hydrogens (tertiary/aromatic N) is 2. The molecule has 0 aliphatic heterocycles. The summed E-state index contributed by atoms with van der Waals surface area (Å²) in [7, 11) is 3.23. The fourth-order valence-corrected chi connectivity index (χ4v) is 5.05. The summed E-state index contributed by atoms with van der Waals surface area (Å²) >= 11 is 0. The van der Waals surface area contributed by atoms with Gasteiger partial charge in [0, 0.05) is 45.5 Å². The van der Waals surface area contributed by atoms with Gasteiger partial charge in [-0.25, -0.2) is 0 Å². The predicted molar refractivity (Wildman–Crippen MR) is 142 cm³/mol. The smallest absolute Gasteiger partial charge is 0.258 e. The number of rotatable bonds is 8. The molecule has 1 aliphatic carbocycles. The average Bonchev–Trinajstić information content (AvgIpc) is 2.91. The van der Waals surface area contributed by atoms with Crippen LogP contribution in [0.5, 0.6) is 0 Å². The lowest BCUT2D eigenvalue weighted by Crippen LogP contribution is -2.36. The molecule has 2 amide bonds. The number of hydrogen-bond acceptors (Lipinski definition) is 3. The maximum Gasteiger partial charge on any atom is 0.258 e. The Bertz CT molecular complexity index is 1190. The van der Waals surface area contributed by atoms with E-state index in [4.69, 9.17) is 0 Å². The van der Waals surface area contributed by atoms with Gasteiger partial charge in [0.2, 0.25) is 5.43 Å². The van der Waals surface area contributed by atoms with E-state index >= 15 is 0 Å². The van der Waals surface area contributed by atoms with Gasteiger partial charge in [0.15, 0.2) is 0 Å². The van der Waals surface area contributed by atoms with E-state index in [1.165, 1.54) is 24.2 Å². The molecule has 4 rings (SSSR count). The van der Waals surface area contributed by atoms with Crippen LogP contribution in [0.1, 0.15) is 69.9 Å². The Balaban J connectivity index is 1.62. The maximum absolute atomic E-state index is 13.4. The van der Waals surface area contributed by atoms with Crippen molar-refractivity contribution >= 4 is 11.8 Å². The molecule has 6 heteroatoms. The summed E-state index contributed by atoms with van der Waals surface area (Å²) in [5.74, 6) is -0.423. The lowest BCUT2D eigenvalue weighted by atomic mass is 9.89. The van der Waals surface area contributed by atoms with Crippen LogP contribution >= 0.6 is 0 Å². The molecular weight excluding hydrogens is 450 g/mol. The molecule has 1 fully saturated rings. The number of nitrogens with one attached hydrogen (secondary N) is 1. The van der Waals surface area contributed by atoms with E-state index < -0.39 is 17.2 Å². The van der Waals surface area contributed by atoms with Gasteiger partial charge in [-0.3, -0.25) is 14.4 Å². The van der Waals surface area contributed by atoms with E-state index in [0.717, 1.165) is 24.0 Å². The Kier molecular flexibility index (Phi) is 8.36. The van der Waals surface area contributed by atoms with Gasteiger partial charge in [-0.2, -0.15) is 0 Å². The van der Waals surface area contributed by atoms with Crippen LogP contribution in [-0.4, -0.2) is 41.9 Å². The van der Waals surface area contributed by atoms with Crippen molar-refractivity contribution in [1.29, 1.82) is 0 Å². The third-order valence-electron chi connectivity index (χ3n) is 7.02. The Labute approximate surface area is 213 Å². The van der Waals surface area contributed by atoms with Crippen molar-refractivity contribution in [2.75, 3.05) is 20.6 Å².